The Bertz CT molecular complexity index is 441. The van der Waals surface area contributed by atoms with Crippen molar-refractivity contribution in [3.63, 3.8) is 0 Å². The summed E-state index contributed by atoms with van der Waals surface area (Å²) in [4.78, 5) is 22.2. The molecule has 0 saturated heterocycles. The molecule has 1 aromatic carbocycles. The van der Waals surface area contributed by atoms with Gasteiger partial charge in [-0.2, -0.15) is 0 Å². The molecular weight excluding hydrogens is 218 g/mol. The molecule has 0 bridgehead atoms. The van der Waals surface area contributed by atoms with Crippen molar-refractivity contribution >= 4 is 11.8 Å². The van der Waals surface area contributed by atoms with Crippen molar-refractivity contribution in [1.82, 2.24) is 0 Å². The second-order valence-corrected chi connectivity index (χ2v) is 3.23. The summed E-state index contributed by atoms with van der Waals surface area (Å²) in [5.74, 6) is -3.67. The predicted molar refractivity (Wildman–Crippen MR) is 52.1 cm³/mol. The molecule has 0 spiro atoms. The average Bonchev–Trinajstić information content (AvgIpc) is 2.24. The normalized spacial score (nSPS) is 10.0. The third kappa shape index (κ3) is 2.42. The van der Waals surface area contributed by atoms with Crippen LogP contribution in [0.3, 0.4) is 0 Å². The maximum atomic E-state index is 13.5. The molecule has 0 amide bonds. The van der Waals surface area contributed by atoms with E-state index in [0.29, 0.717) is 0 Å². The Hall–Kier alpha value is -1.78. The monoisotopic (exact) mass is 228 g/mol. The number of rotatable bonds is 3. The fraction of sp³-hybridized carbons (Fsp3) is 0.273. The Morgan fingerprint density at radius 3 is 2.50 bits per heavy atom. The summed E-state index contributed by atoms with van der Waals surface area (Å²) >= 11 is 0. The van der Waals surface area contributed by atoms with Gasteiger partial charge in [0, 0.05) is 0 Å². The molecule has 16 heavy (non-hydrogen) atoms. The molecule has 0 fully saturated rings. The van der Waals surface area contributed by atoms with E-state index in [-0.39, 0.29) is 5.56 Å². The van der Waals surface area contributed by atoms with Crippen LogP contribution in [0.4, 0.5) is 8.78 Å². The van der Waals surface area contributed by atoms with Crippen LogP contribution < -0.4 is 0 Å². The highest BCUT2D eigenvalue weighted by atomic mass is 19.1. The summed E-state index contributed by atoms with van der Waals surface area (Å²) in [7, 11) is 1.10. The van der Waals surface area contributed by atoms with Gasteiger partial charge >= 0.3 is 5.97 Å². The summed E-state index contributed by atoms with van der Waals surface area (Å²) < 4.78 is 30.9. The predicted octanol–water partition coefficient (Wildman–Crippen LogP) is 2.02. The Balaban J connectivity index is 3.08. The van der Waals surface area contributed by atoms with Gasteiger partial charge in [-0.3, -0.25) is 9.59 Å². The first-order chi connectivity index (χ1) is 7.47. The summed E-state index contributed by atoms with van der Waals surface area (Å²) in [5, 5.41) is 0. The van der Waals surface area contributed by atoms with E-state index in [4.69, 9.17) is 0 Å². The minimum absolute atomic E-state index is 0.148. The molecule has 1 aromatic rings. The van der Waals surface area contributed by atoms with E-state index in [2.05, 4.69) is 4.74 Å². The quantitative estimate of drug-likeness (QED) is 0.451. The lowest BCUT2D eigenvalue weighted by molar-refractivity contribution is -0.139. The van der Waals surface area contributed by atoms with Crippen molar-refractivity contribution in [3.05, 3.63) is 34.9 Å². The number of halogens is 2. The van der Waals surface area contributed by atoms with Crippen LogP contribution in [0.1, 0.15) is 22.3 Å². The van der Waals surface area contributed by atoms with Gasteiger partial charge < -0.3 is 4.74 Å². The molecule has 5 heteroatoms. The maximum Gasteiger partial charge on any atom is 0.313 e. The average molecular weight is 228 g/mol. The minimum atomic E-state index is -0.975. The number of carbonyl (C=O) groups is 2. The number of hydrogen-bond acceptors (Lipinski definition) is 3. The Morgan fingerprint density at radius 1 is 1.31 bits per heavy atom. The summed E-state index contributed by atoms with van der Waals surface area (Å²) in [5.41, 5.74) is -0.542. The van der Waals surface area contributed by atoms with Crippen LogP contribution in [0.5, 0.6) is 0 Å². The summed E-state index contributed by atoms with van der Waals surface area (Å²) in [6, 6.07) is 2.21. The van der Waals surface area contributed by atoms with Crippen molar-refractivity contribution in [2.75, 3.05) is 7.11 Å². The molecular formula is C11H10F2O3. The lowest BCUT2D eigenvalue weighted by Crippen LogP contribution is -2.13. The topological polar surface area (TPSA) is 43.4 Å². The zero-order chi connectivity index (χ0) is 12.3. The van der Waals surface area contributed by atoms with Crippen LogP contribution >= 0.6 is 0 Å². The Morgan fingerprint density at radius 2 is 1.94 bits per heavy atom. The van der Waals surface area contributed by atoms with Crippen molar-refractivity contribution in [2.45, 2.75) is 13.3 Å². The first-order valence-electron chi connectivity index (χ1n) is 4.52. The van der Waals surface area contributed by atoms with E-state index in [9.17, 15) is 18.4 Å². The Kier molecular flexibility index (Phi) is 3.71. The van der Waals surface area contributed by atoms with E-state index in [0.717, 1.165) is 13.2 Å². The highest BCUT2D eigenvalue weighted by Crippen LogP contribution is 2.18. The standard InChI is InChI=1S/C11H10F2O3/c1-6-3-4-7(12)10(11(6)13)8(14)5-9(15)16-2/h3-4H,5H2,1-2H3. The lowest BCUT2D eigenvalue weighted by Gasteiger charge is -2.05. The zero-order valence-corrected chi connectivity index (χ0v) is 8.84. The second kappa shape index (κ2) is 4.83. The number of hydrogen-bond donors (Lipinski definition) is 0. The van der Waals surface area contributed by atoms with Gasteiger partial charge in [-0.15, -0.1) is 0 Å². The van der Waals surface area contributed by atoms with Crippen LogP contribution in [0.2, 0.25) is 0 Å². The Labute approximate surface area is 91.0 Å². The van der Waals surface area contributed by atoms with Gasteiger partial charge in [-0.1, -0.05) is 6.07 Å². The molecule has 0 aliphatic carbocycles. The van der Waals surface area contributed by atoms with Crippen LogP contribution in [-0.2, 0) is 9.53 Å². The van der Waals surface area contributed by atoms with Crippen LogP contribution in [0, 0.1) is 18.6 Å². The van der Waals surface area contributed by atoms with E-state index < -0.39 is 35.4 Å². The van der Waals surface area contributed by atoms with Crippen LogP contribution in [0.25, 0.3) is 0 Å². The highest BCUT2D eigenvalue weighted by molar-refractivity contribution is 6.06. The first-order valence-corrected chi connectivity index (χ1v) is 4.52. The van der Waals surface area contributed by atoms with Crippen molar-refractivity contribution in [1.29, 1.82) is 0 Å². The van der Waals surface area contributed by atoms with E-state index in [1.54, 1.807) is 0 Å². The fourth-order valence-corrected chi connectivity index (χ4v) is 1.20. The molecule has 86 valence electrons. The number of aryl methyl sites for hydroxylation is 1. The highest BCUT2D eigenvalue weighted by Gasteiger charge is 2.21. The van der Waals surface area contributed by atoms with Gasteiger partial charge in [0.25, 0.3) is 0 Å². The molecule has 0 aromatic heterocycles. The smallest absolute Gasteiger partial charge is 0.313 e. The van der Waals surface area contributed by atoms with Gasteiger partial charge in [0.05, 0.1) is 12.7 Å². The van der Waals surface area contributed by atoms with Crippen LogP contribution in [0.15, 0.2) is 12.1 Å². The van der Waals surface area contributed by atoms with Gasteiger partial charge in [-0.05, 0) is 18.6 Å². The number of ether oxygens (including phenoxy) is 1. The summed E-state index contributed by atoms with van der Waals surface area (Å²) in [6.07, 6.45) is -0.673. The number of ketones is 1. The molecule has 0 unspecified atom stereocenters. The maximum absolute atomic E-state index is 13.5. The van der Waals surface area contributed by atoms with E-state index in [1.165, 1.54) is 13.0 Å². The first kappa shape index (κ1) is 12.3. The molecule has 0 radical (unpaired) electrons. The van der Waals surface area contributed by atoms with Crippen molar-refractivity contribution < 1.29 is 23.1 Å². The van der Waals surface area contributed by atoms with Gasteiger partial charge in [0.15, 0.2) is 5.78 Å². The number of Topliss-reactive ketones (excluding diaryl/α,β-unsaturated/α-hetero) is 1. The van der Waals surface area contributed by atoms with E-state index >= 15 is 0 Å². The molecule has 1 rings (SSSR count). The second-order valence-electron chi connectivity index (χ2n) is 3.23. The number of esters is 1. The zero-order valence-electron chi connectivity index (χ0n) is 8.84. The van der Waals surface area contributed by atoms with Gasteiger partial charge in [0.2, 0.25) is 0 Å². The number of methoxy groups -OCH3 is 1. The molecule has 3 nitrogen and oxygen atoms in total. The minimum Gasteiger partial charge on any atom is -0.469 e. The summed E-state index contributed by atoms with van der Waals surface area (Å²) in [6.45, 7) is 1.41. The number of benzene rings is 1. The lowest BCUT2D eigenvalue weighted by atomic mass is 10.0. The van der Waals surface area contributed by atoms with Crippen molar-refractivity contribution in [2.24, 2.45) is 0 Å². The molecule has 0 N–H and O–H groups in total. The third-order valence-corrected chi connectivity index (χ3v) is 2.10. The SMILES string of the molecule is COC(=O)CC(=O)c1c(F)ccc(C)c1F. The molecule has 0 aliphatic heterocycles. The molecule has 0 aliphatic rings. The van der Waals surface area contributed by atoms with Gasteiger partial charge in [0.1, 0.15) is 18.1 Å². The van der Waals surface area contributed by atoms with Crippen LogP contribution in [-0.4, -0.2) is 18.9 Å². The van der Waals surface area contributed by atoms with Crippen molar-refractivity contribution in [3.8, 4) is 0 Å². The van der Waals surface area contributed by atoms with Gasteiger partial charge in [-0.25, -0.2) is 8.78 Å². The largest absolute Gasteiger partial charge is 0.469 e. The molecule has 0 heterocycles. The third-order valence-electron chi connectivity index (χ3n) is 2.10. The number of carbonyl (C=O) groups excluding carboxylic acids is 2. The molecule has 0 saturated carbocycles. The molecule has 0 atom stereocenters. The fourth-order valence-electron chi connectivity index (χ4n) is 1.20. The van der Waals surface area contributed by atoms with E-state index in [1.807, 2.05) is 0 Å².